The smallest absolute Gasteiger partial charge is 0.343 e. The lowest BCUT2D eigenvalue weighted by molar-refractivity contribution is -0.170. The first-order chi connectivity index (χ1) is 8.78. The predicted octanol–water partition coefficient (Wildman–Crippen LogP) is 0.209. The molecule has 0 aromatic rings. The van der Waals surface area contributed by atoms with Crippen LogP contribution in [0.4, 0.5) is 0 Å². The van der Waals surface area contributed by atoms with E-state index in [-0.39, 0.29) is 6.42 Å². The quantitative estimate of drug-likeness (QED) is 0.412. The molecule has 0 radical (unpaired) electrons. The first kappa shape index (κ1) is 18.6. The van der Waals surface area contributed by atoms with Crippen molar-refractivity contribution in [3.63, 3.8) is 0 Å². The standard InChI is InChI=1S/C10H17O9P/c1-4-5(6(11)12)9(2,7(13)14)10(3,8(15)16)20(17,18)19/h5H,4H2,1-3H3,(H,11,12)(H,13,14)(H,15,16)(H2,17,18,19). The van der Waals surface area contributed by atoms with Crippen LogP contribution in [0.1, 0.15) is 27.2 Å². The lowest BCUT2D eigenvalue weighted by Gasteiger charge is -2.43. The van der Waals surface area contributed by atoms with Crippen LogP contribution in [0.3, 0.4) is 0 Å². The van der Waals surface area contributed by atoms with Gasteiger partial charge in [-0.3, -0.25) is 18.9 Å². The first-order valence-corrected chi connectivity index (χ1v) is 7.14. The maximum Gasteiger partial charge on any atom is 0.343 e. The van der Waals surface area contributed by atoms with E-state index in [1.54, 1.807) is 0 Å². The van der Waals surface area contributed by atoms with Gasteiger partial charge in [-0.15, -0.1) is 0 Å². The molecule has 0 saturated carbocycles. The molecule has 0 aliphatic heterocycles. The van der Waals surface area contributed by atoms with Crippen molar-refractivity contribution in [2.45, 2.75) is 32.3 Å². The Morgan fingerprint density at radius 3 is 1.60 bits per heavy atom. The average Bonchev–Trinajstić information content (AvgIpc) is 2.25. The normalized spacial score (nSPS) is 19.4. The van der Waals surface area contributed by atoms with Crippen molar-refractivity contribution in [3.05, 3.63) is 0 Å². The third kappa shape index (κ3) is 2.44. The first-order valence-electron chi connectivity index (χ1n) is 5.53. The zero-order chi connectivity index (χ0) is 16.5. The molecule has 0 aliphatic carbocycles. The van der Waals surface area contributed by atoms with Crippen LogP contribution in [0.15, 0.2) is 0 Å². The van der Waals surface area contributed by atoms with Gasteiger partial charge in [0.05, 0.1) is 5.92 Å². The van der Waals surface area contributed by atoms with E-state index in [1.165, 1.54) is 6.92 Å². The summed E-state index contributed by atoms with van der Waals surface area (Å²) >= 11 is 0. The molecule has 116 valence electrons. The topological polar surface area (TPSA) is 169 Å². The minimum absolute atomic E-state index is 0.305. The van der Waals surface area contributed by atoms with Crippen LogP contribution in [-0.4, -0.2) is 48.2 Å². The molecule has 3 unspecified atom stereocenters. The average molecular weight is 312 g/mol. The van der Waals surface area contributed by atoms with Gasteiger partial charge in [0.1, 0.15) is 5.41 Å². The Morgan fingerprint density at radius 1 is 1.05 bits per heavy atom. The van der Waals surface area contributed by atoms with E-state index in [9.17, 15) is 33.8 Å². The Morgan fingerprint density at radius 2 is 1.45 bits per heavy atom. The van der Waals surface area contributed by atoms with E-state index in [0.717, 1.165) is 6.92 Å². The molecule has 0 rings (SSSR count). The summed E-state index contributed by atoms with van der Waals surface area (Å²) in [7, 11) is -5.47. The largest absolute Gasteiger partial charge is 0.481 e. The van der Waals surface area contributed by atoms with Gasteiger partial charge < -0.3 is 25.1 Å². The monoisotopic (exact) mass is 312 g/mol. The maximum absolute atomic E-state index is 11.5. The van der Waals surface area contributed by atoms with Crippen molar-refractivity contribution >= 4 is 25.5 Å². The molecule has 0 fully saturated rings. The van der Waals surface area contributed by atoms with Crippen LogP contribution in [-0.2, 0) is 18.9 Å². The van der Waals surface area contributed by atoms with Gasteiger partial charge in [0.25, 0.3) is 0 Å². The van der Waals surface area contributed by atoms with Gasteiger partial charge in [0.15, 0.2) is 5.16 Å². The molecule has 9 nitrogen and oxygen atoms in total. The number of carboxylic acid groups (broad SMARTS) is 3. The fraction of sp³-hybridized carbons (Fsp3) is 0.700. The molecule has 0 aromatic carbocycles. The number of aliphatic carboxylic acids is 3. The Balaban J connectivity index is 6.55. The van der Waals surface area contributed by atoms with E-state index in [2.05, 4.69) is 0 Å². The molecule has 0 saturated heterocycles. The Bertz CT molecular complexity index is 481. The second-order valence-corrected chi connectivity index (χ2v) is 6.71. The molecule has 0 spiro atoms. The van der Waals surface area contributed by atoms with Crippen LogP contribution < -0.4 is 0 Å². The van der Waals surface area contributed by atoms with Crippen molar-refractivity contribution in [3.8, 4) is 0 Å². The number of carbonyl (C=O) groups is 3. The van der Waals surface area contributed by atoms with Gasteiger partial charge in [-0.2, -0.15) is 0 Å². The number of hydrogen-bond acceptors (Lipinski definition) is 4. The van der Waals surface area contributed by atoms with Crippen LogP contribution >= 0.6 is 7.60 Å². The lowest BCUT2D eigenvalue weighted by atomic mass is 9.66. The van der Waals surface area contributed by atoms with Crippen molar-refractivity contribution in [2.75, 3.05) is 0 Å². The van der Waals surface area contributed by atoms with E-state index < -0.39 is 42.0 Å². The van der Waals surface area contributed by atoms with Gasteiger partial charge in [0, 0.05) is 0 Å². The molecule has 10 heteroatoms. The summed E-state index contributed by atoms with van der Waals surface area (Å²) in [6, 6.07) is 0. The summed E-state index contributed by atoms with van der Waals surface area (Å²) in [5.41, 5.74) is -2.70. The highest BCUT2D eigenvalue weighted by molar-refractivity contribution is 7.54. The van der Waals surface area contributed by atoms with Crippen molar-refractivity contribution < 1.29 is 44.1 Å². The molecule has 3 atom stereocenters. The molecule has 0 aromatic heterocycles. The van der Waals surface area contributed by atoms with Crippen molar-refractivity contribution in [2.24, 2.45) is 11.3 Å². The van der Waals surface area contributed by atoms with Crippen LogP contribution in [0.25, 0.3) is 0 Å². The fourth-order valence-electron chi connectivity index (χ4n) is 2.18. The third-order valence-corrected chi connectivity index (χ3v) is 5.68. The summed E-state index contributed by atoms with van der Waals surface area (Å²) in [6.45, 7) is 2.57. The second kappa shape index (κ2) is 5.51. The van der Waals surface area contributed by atoms with Gasteiger partial charge >= 0.3 is 25.5 Å². The predicted molar refractivity (Wildman–Crippen MR) is 65.2 cm³/mol. The van der Waals surface area contributed by atoms with Crippen LogP contribution in [0.5, 0.6) is 0 Å². The SMILES string of the molecule is CCC(C(=O)O)C(C)(C(=O)O)C(C)(C(=O)O)P(=O)(O)O. The molecule has 0 aliphatic rings. The van der Waals surface area contributed by atoms with E-state index >= 15 is 0 Å². The molecule has 0 heterocycles. The van der Waals surface area contributed by atoms with E-state index in [4.69, 9.17) is 10.2 Å². The fourth-order valence-corrected chi connectivity index (χ4v) is 3.28. The Hall–Kier alpha value is -1.44. The molecule has 20 heavy (non-hydrogen) atoms. The summed E-state index contributed by atoms with van der Waals surface area (Å²) in [5, 5.41) is 24.4. The maximum atomic E-state index is 11.5. The second-order valence-electron chi connectivity index (χ2n) is 4.73. The highest BCUT2D eigenvalue weighted by atomic mass is 31.2. The minimum Gasteiger partial charge on any atom is -0.481 e. The number of hydrogen-bond donors (Lipinski definition) is 5. The molecule has 0 bridgehead atoms. The zero-order valence-electron chi connectivity index (χ0n) is 11.1. The minimum atomic E-state index is -5.47. The highest BCUT2D eigenvalue weighted by Crippen LogP contribution is 2.62. The van der Waals surface area contributed by atoms with Gasteiger partial charge in [-0.25, -0.2) is 0 Å². The van der Waals surface area contributed by atoms with Crippen molar-refractivity contribution in [1.82, 2.24) is 0 Å². The summed E-state index contributed by atoms with van der Waals surface area (Å²) in [5.74, 6) is -7.40. The molecule has 0 amide bonds. The molecule has 5 N–H and O–H groups in total. The van der Waals surface area contributed by atoms with Crippen molar-refractivity contribution in [1.29, 1.82) is 0 Å². The zero-order valence-corrected chi connectivity index (χ0v) is 12.0. The lowest BCUT2D eigenvalue weighted by Crippen LogP contribution is -2.59. The van der Waals surface area contributed by atoms with E-state index in [1.807, 2.05) is 0 Å². The molecular weight excluding hydrogens is 295 g/mol. The Kier molecular flexibility index (Phi) is 5.11. The number of rotatable bonds is 7. The third-order valence-electron chi connectivity index (χ3n) is 3.86. The van der Waals surface area contributed by atoms with Gasteiger partial charge in [0.2, 0.25) is 0 Å². The van der Waals surface area contributed by atoms with E-state index in [0.29, 0.717) is 6.92 Å². The highest BCUT2D eigenvalue weighted by Gasteiger charge is 2.69. The summed E-state index contributed by atoms with van der Waals surface area (Å²) in [6.07, 6.45) is -0.305. The van der Waals surface area contributed by atoms with Crippen LogP contribution in [0, 0.1) is 11.3 Å². The summed E-state index contributed by atoms with van der Waals surface area (Å²) < 4.78 is 11.5. The van der Waals surface area contributed by atoms with Gasteiger partial charge in [-0.05, 0) is 20.3 Å². The van der Waals surface area contributed by atoms with Crippen LogP contribution in [0.2, 0.25) is 0 Å². The Labute approximate surface area is 114 Å². The summed E-state index contributed by atoms with van der Waals surface area (Å²) in [4.78, 5) is 52.5. The van der Waals surface area contributed by atoms with Gasteiger partial charge in [-0.1, -0.05) is 6.92 Å². The molecular formula is C10H17O9P. The number of carboxylic acids is 3.